The van der Waals surface area contributed by atoms with E-state index in [4.69, 9.17) is 5.73 Å². The van der Waals surface area contributed by atoms with Gasteiger partial charge in [0, 0.05) is 19.1 Å². The molecule has 0 spiro atoms. The predicted octanol–water partition coefficient (Wildman–Crippen LogP) is 1.74. The largest absolute Gasteiger partial charge is 0.369 e. The topological polar surface area (TPSA) is 58.4 Å². The molecule has 1 aliphatic heterocycles. The summed E-state index contributed by atoms with van der Waals surface area (Å²) >= 11 is 0. The van der Waals surface area contributed by atoms with Crippen LogP contribution < -0.4 is 11.1 Å². The maximum absolute atomic E-state index is 11.1. The van der Waals surface area contributed by atoms with Crippen molar-refractivity contribution in [1.29, 1.82) is 0 Å². The third-order valence-corrected chi connectivity index (χ3v) is 4.99. The molecule has 3 N–H and O–H groups in total. The third kappa shape index (κ3) is 5.06. The molecule has 1 amide bonds. The van der Waals surface area contributed by atoms with Crippen LogP contribution in [0.1, 0.15) is 51.9 Å². The summed E-state index contributed by atoms with van der Waals surface area (Å²) in [6.07, 6.45) is 9.45. The summed E-state index contributed by atoms with van der Waals surface area (Å²) in [5.41, 5.74) is 5.35. The Kier molecular flexibility index (Phi) is 6.30. The number of likely N-dealkylation sites (tertiary alicyclic amines) is 1. The van der Waals surface area contributed by atoms with Crippen molar-refractivity contribution in [2.24, 2.45) is 17.6 Å². The Balaban J connectivity index is 1.77. The Morgan fingerprint density at radius 1 is 1.20 bits per heavy atom. The first-order valence-corrected chi connectivity index (χ1v) is 8.41. The molecule has 0 aromatic heterocycles. The lowest BCUT2D eigenvalue weighted by molar-refractivity contribution is -0.119. The number of nitrogens with zero attached hydrogens (tertiary/aromatic N) is 1. The van der Waals surface area contributed by atoms with Crippen LogP contribution in [-0.2, 0) is 4.79 Å². The van der Waals surface area contributed by atoms with Gasteiger partial charge in [-0.15, -0.1) is 0 Å². The van der Waals surface area contributed by atoms with Gasteiger partial charge in [0.2, 0.25) is 5.91 Å². The second-order valence-electron chi connectivity index (χ2n) is 6.78. The van der Waals surface area contributed by atoms with Crippen molar-refractivity contribution in [2.75, 3.05) is 26.2 Å². The quantitative estimate of drug-likeness (QED) is 0.780. The number of carbonyl (C=O) groups is 1. The van der Waals surface area contributed by atoms with E-state index in [0.29, 0.717) is 18.5 Å². The van der Waals surface area contributed by atoms with E-state index in [9.17, 15) is 4.79 Å². The second-order valence-corrected chi connectivity index (χ2v) is 6.78. The SMILES string of the molecule is CCC1CC(NCC2CCCCC2)CN(CC(N)=O)C1. The number of nitrogens with two attached hydrogens (primary N) is 1. The standard InChI is InChI=1S/C16H31N3O/c1-2-13-8-15(11-19(10-13)12-16(17)20)18-9-14-6-4-3-5-7-14/h13-15,18H,2-12H2,1H3,(H2,17,20). The van der Waals surface area contributed by atoms with E-state index in [-0.39, 0.29) is 5.91 Å². The lowest BCUT2D eigenvalue weighted by Crippen LogP contribution is -2.52. The fourth-order valence-electron chi connectivity index (χ4n) is 3.82. The number of rotatable bonds is 6. The van der Waals surface area contributed by atoms with Crippen molar-refractivity contribution in [1.82, 2.24) is 10.2 Å². The summed E-state index contributed by atoms with van der Waals surface area (Å²) < 4.78 is 0. The maximum Gasteiger partial charge on any atom is 0.231 e. The van der Waals surface area contributed by atoms with E-state index >= 15 is 0 Å². The zero-order valence-electron chi connectivity index (χ0n) is 12.9. The van der Waals surface area contributed by atoms with E-state index in [0.717, 1.165) is 25.6 Å². The van der Waals surface area contributed by atoms with Crippen molar-refractivity contribution in [3.63, 3.8) is 0 Å². The van der Waals surface area contributed by atoms with Gasteiger partial charge in [-0.1, -0.05) is 32.6 Å². The number of primary amides is 1. The summed E-state index contributed by atoms with van der Waals surface area (Å²) in [4.78, 5) is 13.4. The molecule has 2 unspecified atom stereocenters. The smallest absolute Gasteiger partial charge is 0.231 e. The molecule has 0 aromatic rings. The molecule has 0 aromatic carbocycles. The first kappa shape index (κ1) is 15.8. The first-order chi connectivity index (χ1) is 9.67. The van der Waals surface area contributed by atoms with Gasteiger partial charge in [-0.2, -0.15) is 0 Å². The van der Waals surface area contributed by atoms with Crippen molar-refractivity contribution in [2.45, 2.75) is 57.9 Å². The zero-order valence-corrected chi connectivity index (χ0v) is 12.9. The summed E-state index contributed by atoms with van der Waals surface area (Å²) in [6, 6.07) is 0.537. The van der Waals surface area contributed by atoms with E-state index in [1.165, 1.54) is 44.9 Å². The second kappa shape index (κ2) is 7.99. The summed E-state index contributed by atoms with van der Waals surface area (Å²) in [5.74, 6) is 1.37. The Hall–Kier alpha value is -0.610. The Labute approximate surface area is 123 Å². The van der Waals surface area contributed by atoms with Crippen LogP contribution in [0.2, 0.25) is 0 Å². The van der Waals surface area contributed by atoms with Gasteiger partial charge in [-0.25, -0.2) is 0 Å². The average molecular weight is 281 g/mol. The molecular weight excluding hydrogens is 250 g/mol. The van der Waals surface area contributed by atoms with Gasteiger partial charge in [-0.3, -0.25) is 9.69 Å². The highest BCUT2D eigenvalue weighted by Crippen LogP contribution is 2.24. The minimum atomic E-state index is -0.201. The molecule has 20 heavy (non-hydrogen) atoms. The van der Waals surface area contributed by atoms with Crippen LogP contribution >= 0.6 is 0 Å². The molecule has 1 saturated heterocycles. The number of carbonyl (C=O) groups excluding carboxylic acids is 1. The molecule has 0 radical (unpaired) electrons. The minimum absolute atomic E-state index is 0.201. The van der Waals surface area contributed by atoms with Gasteiger partial charge in [0.1, 0.15) is 0 Å². The maximum atomic E-state index is 11.1. The molecule has 2 fully saturated rings. The van der Waals surface area contributed by atoms with Crippen LogP contribution in [0.25, 0.3) is 0 Å². The third-order valence-electron chi connectivity index (χ3n) is 4.99. The summed E-state index contributed by atoms with van der Waals surface area (Å²) in [5, 5.41) is 3.77. The number of hydrogen-bond donors (Lipinski definition) is 2. The van der Waals surface area contributed by atoms with Crippen molar-refractivity contribution >= 4 is 5.91 Å². The van der Waals surface area contributed by atoms with E-state index in [1.807, 2.05) is 0 Å². The number of piperidine rings is 1. The fourth-order valence-corrected chi connectivity index (χ4v) is 3.82. The molecule has 4 nitrogen and oxygen atoms in total. The predicted molar refractivity (Wildman–Crippen MR) is 82.4 cm³/mol. The summed E-state index contributed by atoms with van der Waals surface area (Å²) in [7, 11) is 0. The Bertz CT molecular complexity index is 302. The number of hydrogen-bond acceptors (Lipinski definition) is 3. The van der Waals surface area contributed by atoms with Crippen molar-refractivity contribution < 1.29 is 4.79 Å². The number of amides is 1. The van der Waals surface area contributed by atoms with Gasteiger partial charge in [0.15, 0.2) is 0 Å². The molecule has 116 valence electrons. The first-order valence-electron chi connectivity index (χ1n) is 8.41. The van der Waals surface area contributed by atoms with Crippen LogP contribution in [0.5, 0.6) is 0 Å². The lowest BCUT2D eigenvalue weighted by Gasteiger charge is -2.38. The molecule has 1 saturated carbocycles. The van der Waals surface area contributed by atoms with Crippen LogP contribution in [0.4, 0.5) is 0 Å². The molecule has 4 heteroatoms. The highest BCUT2D eigenvalue weighted by molar-refractivity contribution is 5.75. The number of nitrogens with one attached hydrogen (secondary N) is 1. The van der Waals surface area contributed by atoms with Crippen molar-refractivity contribution in [3.8, 4) is 0 Å². The minimum Gasteiger partial charge on any atom is -0.369 e. The molecule has 0 bridgehead atoms. The lowest BCUT2D eigenvalue weighted by atomic mass is 9.88. The van der Waals surface area contributed by atoms with Gasteiger partial charge in [0.25, 0.3) is 0 Å². The molecule has 1 aliphatic carbocycles. The van der Waals surface area contributed by atoms with Crippen LogP contribution in [0.15, 0.2) is 0 Å². The average Bonchev–Trinajstić information content (AvgIpc) is 2.45. The molecule has 1 heterocycles. The highest BCUT2D eigenvalue weighted by atomic mass is 16.1. The van der Waals surface area contributed by atoms with Gasteiger partial charge < -0.3 is 11.1 Å². The monoisotopic (exact) mass is 281 g/mol. The normalized spacial score (nSPS) is 29.4. The van der Waals surface area contributed by atoms with Gasteiger partial charge >= 0.3 is 0 Å². The van der Waals surface area contributed by atoms with E-state index in [1.54, 1.807) is 0 Å². The molecular formula is C16H31N3O. The van der Waals surface area contributed by atoms with Gasteiger partial charge in [-0.05, 0) is 37.6 Å². The molecule has 2 rings (SSSR count). The summed E-state index contributed by atoms with van der Waals surface area (Å²) in [6.45, 7) is 5.83. The van der Waals surface area contributed by atoms with Gasteiger partial charge in [0.05, 0.1) is 6.54 Å². The van der Waals surface area contributed by atoms with Crippen LogP contribution in [0, 0.1) is 11.8 Å². The van der Waals surface area contributed by atoms with Crippen LogP contribution in [0.3, 0.4) is 0 Å². The Morgan fingerprint density at radius 3 is 2.60 bits per heavy atom. The van der Waals surface area contributed by atoms with E-state index < -0.39 is 0 Å². The fraction of sp³-hybridized carbons (Fsp3) is 0.938. The highest BCUT2D eigenvalue weighted by Gasteiger charge is 2.27. The zero-order chi connectivity index (χ0) is 14.4. The Morgan fingerprint density at radius 2 is 1.95 bits per heavy atom. The molecule has 2 atom stereocenters. The van der Waals surface area contributed by atoms with E-state index in [2.05, 4.69) is 17.1 Å². The van der Waals surface area contributed by atoms with Crippen LogP contribution in [-0.4, -0.2) is 43.0 Å². The van der Waals surface area contributed by atoms with Crippen molar-refractivity contribution in [3.05, 3.63) is 0 Å². The molecule has 2 aliphatic rings.